The quantitative estimate of drug-likeness (QED) is 0.733. The topological polar surface area (TPSA) is 86.1 Å². The summed E-state index contributed by atoms with van der Waals surface area (Å²) in [6.45, 7) is 5.54. The highest BCUT2D eigenvalue weighted by Gasteiger charge is 2.19. The van der Waals surface area contributed by atoms with Crippen LogP contribution in [-0.4, -0.2) is 33.8 Å². The zero-order valence-electron chi connectivity index (χ0n) is 15.4. The summed E-state index contributed by atoms with van der Waals surface area (Å²) >= 11 is 0. The van der Waals surface area contributed by atoms with E-state index in [1.54, 1.807) is 36.0 Å². The van der Waals surface area contributed by atoms with Crippen LogP contribution in [-0.2, 0) is 11.8 Å². The SMILES string of the molecule is COC(=O)c1ccc(C)c(NC(=O)c2cc(C)nc3c2c(C)nn3C)c1. The molecule has 1 amide bonds. The first-order chi connectivity index (χ1) is 12.3. The van der Waals surface area contributed by atoms with Crippen molar-refractivity contribution in [2.24, 2.45) is 7.05 Å². The molecule has 0 aliphatic rings. The van der Waals surface area contributed by atoms with Gasteiger partial charge in [-0.2, -0.15) is 5.10 Å². The standard InChI is InChI=1S/C19H20N4O3/c1-10-6-7-13(19(25)26-5)9-15(10)21-18(24)14-8-11(2)20-17-16(14)12(3)22-23(17)4/h6-9H,1-5H3,(H,21,24). The summed E-state index contributed by atoms with van der Waals surface area (Å²) in [5, 5.41) is 7.97. The van der Waals surface area contributed by atoms with E-state index in [0.717, 1.165) is 22.3 Å². The maximum absolute atomic E-state index is 13.0. The van der Waals surface area contributed by atoms with Crippen LogP contribution in [0.2, 0.25) is 0 Å². The molecule has 26 heavy (non-hydrogen) atoms. The Morgan fingerprint density at radius 1 is 1.15 bits per heavy atom. The van der Waals surface area contributed by atoms with Gasteiger partial charge < -0.3 is 10.1 Å². The molecule has 7 heteroatoms. The van der Waals surface area contributed by atoms with Crippen molar-refractivity contribution in [1.82, 2.24) is 14.8 Å². The summed E-state index contributed by atoms with van der Waals surface area (Å²) in [5.41, 5.74) is 4.40. The number of fused-ring (bicyclic) bond motifs is 1. The summed E-state index contributed by atoms with van der Waals surface area (Å²) in [6.07, 6.45) is 0. The minimum atomic E-state index is -0.453. The van der Waals surface area contributed by atoms with Gasteiger partial charge in [-0.05, 0) is 44.5 Å². The average molecular weight is 352 g/mol. The van der Waals surface area contributed by atoms with Gasteiger partial charge in [0.15, 0.2) is 5.65 Å². The molecule has 0 saturated carbocycles. The van der Waals surface area contributed by atoms with Crippen molar-refractivity contribution >= 4 is 28.6 Å². The number of esters is 1. The van der Waals surface area contributed by atoms with Crippen molar-refractivity contribution in [3.63, 3.8) is 0 Å². The van der Waals surface area contributed by atoms with Crippen LogP contribution in [0.5, 0.6) is 0 Å². The van der Waals surface area contributed by atoms with Gasteiger partial charge in [0.1, 0.15) is 0 Å². The van der Waals surface area contributed by atoms with Gasteiger partial charge in [-0.3, -0.25) is 9.48 Å². The van der Waals surface area contributed by atoms with Crippen LogP contribution in [0.3, 0.4) is 0 Å². The number of benzene rings is 1. The molecule has 0 radical (unpaired) electrons. The third kappa shape index (κ3) is 3.03. The highest BCUT2D eigenvalue weighted by atomic mass is 16.5. The summed E-state index contributed by atoms with van der Waals surface area (Å²) in [7, 11) is 3.12. The summed E-state index contributed by atoms with van der Waals surface area (Å²) in [5.74, 6) is -0.729. The Kier molecular flexibility index (Phi) is 4.46. The maximum atomic E-state index is 13.0. The van der Waals surface area contributed by atoms with Gasteiger partial charge >= 0.3 is 5.97 Å². The second-order valence-corrected chi connectivity index (χ2v) is 6.19. The zero-order chi connectivity index (χ0) is 19.0. The lowest BCUT2D eigenvalue weighted by Crippen LogP contribution is -2.15. The number of nitrogens with zero attached hydrogens (tertiary/aromatic N) is 3. The number of hydrogen-bond donors (Lipinski definition) is 1. The van der Waals surface area contributed by atoms with Gasteiger partial charge in [-0.15, -0.1) is 0 Å². The lowest BCUT2D eigenvalue weighted by Gasteiger charge is -2.11. The fourth-order valence-electron chi connectivity index (χ4n) is 2.94. The van der Waals surface area contributed by atoms with E-state index in [2.05, 4.69) is 15.4 Å². The maximum Gasteiger partial charge on any atom is 0.337 e. The van der Waals surface area contributed by atoms with E-state index in [-0.39, 0.29) is 5.91 Å². The number of aromatic nitrogens is 3. The zero-order valence-corrected chi connectivity index (χ0v) is 15.4. The predicted molar refractivity (Wildman–Crippen MR) is 98.5 cm³/mol. The van der Waals surface area contributed by atoms with E-state index in [1.165, 1.54) is 7.11 Å². The van der Waals surface area contributed by atoms with E-state index in [1.807, 2.05) is 20.8 Å². The molecule has 0 aliphatic heterocycles. The Morgan fingerprint density at radius 3 is 2.58 bits per heavy atom. The van der Waals surface area contributed by atoms with Crippen molar-refractivity contribution < 1.29 is 14.3 Å². The Labute approximate surface area is 151 Å². The first-order valence-corrected chi connectivity index (χ1v) is 8.13. The van der Waals surface area contributed by atoms with Crippen LogP contribution < -0.4 is 5.32 Å². The molecule has 2 heterocycles. The fourth-order valence-corrected chi connectivity index (χ4v) is 2.94. The lowest BCUT2D eigenvalue weighted by molar-refractivity contribution is 0.0600. The largest absolute Gasteiger partial charge is 0.465 e. The monoisotopic (exact) mass is 352 g/mol. The van der Waals surface area contributed by atoms with E-state index in [9.17, 15) is 9.59 Å². The highest BCUT2D eigenvalue weighted by Crippen LogP contribution is 2.24. The first kappa shape index (κ1) is 17.6. The Morgan fingerprint density at radius 2 is 1.88 bits per heavy atom. The van der Waals surface area contributed by atoms with Crippen molar-refractivity contribution in [2.45, 2.75) is 20.8 Å². The van der Waals surface area contributed by atoms with Crippen LogP contribution >= 0.6 is 0 Å². The van der Waals surface area contributed by atoms with E-state index >= 15 is 0 Å². The van der Waals surface area contributed by atoms with Gasteiger partial charge in [-0.1, -0.05) is 6.07 Å². The molecule has 2 aromatic heterocycles. The molecule has 0 fully saturated rings. The molecule has 7 nitrogen and oxygen atoms in total. The number of ether oxygens (including phenoxy) is 1. The van der Waals surface area contributed by atoms with Crippen LogP contribution in [0.4, 0.5) is 5.69 Å². The number of pyridine rings is 1. The minimum Gasteiger partial charge on any atom is -0.465 e. The Bertz CT molecular complexity index is 1040. The predicted octanol–water partition coefficient (Wildman–Crippen LogP) is 2.93. The molecule has 0 aliphatic carbocycles. The highest BCUT2D eigenvalue weighted by molar-refractivity contribution is 6.13. The summed E-state index contributed by atoms with van der Waals surface area (Å²) < 4.78 is 6.41. The second-order valence-electron chi connectivity index (χ2n) is 6.19. The van der Waals surface area contributed by atoms with Crippen LogP contribution in [0.15, 0.2) is 24.3 Å². The second kappa shape index (κ2) is 6.59. The number of carbonyl (C=O) groups is 2. The molecule has 3 rings (SSSR count). The molecular formula is C19H20N4O3. The Balaban J connectivity index is 2.04. The number of methoxy groups -OCH3 is 1. The lowest BCUT2D eigenvalue weighted by atomic mass is 10.1. The molecular weight excluding hydrogens is 332 g/mol. The van der Waals surface area contributed by atoms with Gasteiger partial charge in [0.2, 0.25) is 0 Å². The van der Waals surface area contributed by atoms with Gasteiger partial charge in [0.05, 0.1) is 29.3 Å². The third-order valence-corrected chi connectivity index (χ3v) is 4.25. The molecule has 0 bridgehead atoms. The third-order valence-electron chi connectivity index (χ3n) is 4.25. The van der Waals surface area contributed by atoms with Crippen molar-refractivity contribution in [3.05, 3.63) is 52.3 Å². The van der Waals surface area contributed by atoms with Gasteiger partial charge in [-0.25, -0.2) is 9.78 Å². The normalized spacial score (nSPS) is 10.8. The summed E-state index contributed by atoms with van der Waals surface area (Å²) in [4.78, 5) is 29.2. The number of amides is 1. The molecule has 0 saturated heterocycles. The Hall–Kier alpha value is -3.22. The van der Waals surface area contributed by atoms with Gasteiger partial charge in [0, 0.05) is 18.4 Å². The van der Waals surface area contributed by atoms with Crippen molar-refractivity contribution in [2.75, 3.05) is 12.4 Å². The van der Waals surface area contributed by atoms with E-state index < -0.39 is 5.97 Å². The average Bonchev–Trinajstić information content (AvgIpc) is 2.89. The number of rotatable bonds is 3. The van der Waals surface area contributed by atoms with Crippen molar-refractivity contribution in [1.29, 1.82) is 0 Å². The smallest absolute Gasteiger partial charge is 0.337 e. The van der Waals surface area contributed by atoms with Crippen LogP contribution in [0, 0.1) is 20.8 Å². The number of aryl methyl sites for hydroxylation is 4. The number of carbonyl (C=O) groups excluding carboxylic acids is 2. The number of anilines is 1. The van der Waals surface area contributed by atoms with E-state index in [4.69, 9.17) is 4.74 Å². The molecule has 0 unspecified atom stereocenters. The molecule has 0 atom stereocenters. The minimum absolute atomic E-state index is 0.276. The fraction of sp³-hybridized carbons (Fsp3) is 0.263. The number of nitrogens with one attached hydrogen (secondary N) is 1. The summed E-state index contributed by atoms with van der Waals surface area (Å²) in [6, 6.07) is 6.79. The molecule has 1 aromatic carbocycles. The molecule has 0 spiro atoms. The molecule has 134 valence electrons. The first-order valence-electron chi connectivity index (χ1n) is 8.13. The molecule has 1 N–H and O–H groups in total. The van der Waals surface area contributed by atoms with Crippen molar-refractivity contribution in [3.8, 4) is 0 Å². The van der Waals surface area contributed by atoms with Crippen LogP contribution in [0.1, 0.15) is 37.7 Å². The van der Waals surface area contributed by atoms with Gasteiger partial charge in [0.25, 0.3) is 5.91 Å². The number of hydrogen-bond acceptors (Lipinski definition) is 5. The molecule has 3 aromatic rings. The van der Waals surface area contributed by atoms with E-state index in [0.29, 0.717) is 22.5 Å². The van der Waals surface area contributed by atoms with Crippen LogP contribution in [0.25, 0.3) is 11.0 Å².